The molecule has 2 fully saturated rings. The fraction of sp³-hybridized carbons (Fsp3) is 0.846. The van der Waals surface area contributed by atoms with Crippen LogP contribution >= 0.6 is 12.2 Å². The van der Waals surface area contributed by atoms with Gasteiger partial charge < -0.3 is 11.1 Å². The van der Waals surface area contributed by atoms with Crippen LogP contribution in [0.1, 0.15) is 52.4 Å². The van der Waals surface area contributed by atoms with Crippen molar-refractivity contribution in [3.8, 4) is 0 Å². The Morgan fingerprint density at radius 3 is 2.18 bits per heavy atom. The summed E-state index contributed by atoms with van der Waals surface area (Å²) in [7, 11) is 0. The Balaban J connectivity index is 1.87. The molecule has 0 heterocycles. The van der Waals surface area contributed by atoms with E-state index in [1.54, 1.807) is 0 Å². The van der Waals surface area contributed by atoms with Gasteiger partial charge in [-0.05, 0) is 43.9 Å². The van der Waals surface area contributed by atoms with Crippen LogP contribution in [-0.4, -0.2) is 16.9 Å². The van der Waals surface area contributed by atoms with Gasteiger partial charge in [-0.2, -0.15) is 0 Å². The first-order chi connectivity index (χ1) is 7.86. The lowest BCUT2D eigenvalue weighted by molar-refractivity contribution is -0.125. The van der Waals surface area contributed by atoms with Crippen molar-refractivity contribution in [1.82, 2.24) is 5.32 Å². The molecule has 17 heavy (non-hydrogen) atoms. The molecule has 0 aromatic rings. The minimum atomic E-state index is -0.498. The van der Waals surface area contributed by atoms with Crippen LogP contribution in [0.25, 0.3) is 0 Å². The van der Waals surface area contributed by atoms with Crippen LogP contribution < -0.4 is 11.1 Å². The van der Waals surface area contributed by atoms with Gasteiger partial charge in [-0.15, -0.1) is 0 Å². The molecule has 4 heteroatoms. The van der Waals surface area contributed by atoms with Gasteiger partial charge in [0, 0.05) is 6.04 Å². The number of carbonyl (C=O) groups is 1. The summed E-state index contributed by atoms with van der Waals surface area (Å²) >= 11 is 4.99. The zero-order chi connectivity index (χ0) is 12.7. The van der Waals surface area contributed by atoms with Crippen molar-refractivity contribution in [3.05, 3.63) is 0 Å². The number of amides is 1. The van der Waals surface area contributed by atoms with Gasteiger partial charge >= 0.3 is 0 Å². The minimum Gasteiger partial charge on any atom is -0.392 e. The quantitative estimate of drug-likeness (QED) is 0.759. The molecule has 0 atom stereocenters. The molecule has 0 aromatic carbocycles. The molecule has 0 aromatic heterocycles. The van der Waals surface area contributed by atoms with E-state index in [2.05, 4.69) is 19.2 Å². The van der Waals surface area contributed by atoms with Gasteiger partial charge in [0.1, 0.15) is 0 Å². The second kappa shape index (κ2) is 4.23. The summed E-state index contributed by atoms with van der Waals surface area (Å²) in [6.07, 6.45) is 6.16. The molecule has 0 bridgehead atoms. The molecular formula is C13H22N2OS. The summed E-state index contributed by atoms with van der Waals surface area (Å²) in [5.41, 5.74) is 5.59. The largest absolute Gasteiger partial charge is 0.392 e. The molecule has 3 N–H and O–H groups in total. The zero-order valence-corrected chi connectivity index (χ0v) is 11.5. The molecular weight excluding hydrogens is 232 g/mol. The van der Waals surface area contributed by atoms with Crippen LogP contribution in [0.5, 0.6) is 0 Å². The average Bonchev–Trinajstić information content (AvgIpc) is 3.02. The van der Waals surface area contributed by atoms with Gasteiger partial charge in [-0.25, -0.2) is 0 Å². The van der Waals surface area contributed by atoms with Crippen molar-refractivity contribution < 1.29 is 4.79 Å². The highest BCUT2D eigenvalue weighted by Crippen LogP contribution is 2.46. The van der Waals surface area contributed by atoms with Gasteiger partial charge in [0.25, 0.3) is 0 Å². The van der Waals surface area contributed by atoms with Gasteiger partial charge in [0.15, 0.2) is 0 Å². The van der Waals surface area contributed by atoms with Crippen molar-refractivity contribution in [3.63, 3.8) is 0 Å². The van der Waals surface area contributed by atoms with Crippen molar-refractivity contribution in [2.24, 2.45) is 16.6 Å². The normalized spacial score (nSPS) is 26.2. The fourth-order valence-corrected chi connectivity index (χ4v) is 2.87. The van der Waals surface area contributed by atoms with E-state index < -0.39 is 5.41 Å². The molecule has 1 amide bonds. The predicted octanol–water partition coefficient (Wildman–Crippen LogP) is 2.14. The minimum absolute atomic E-state index is 0.0645. The van der Waals surface area contributed by atoms with Gasteiger partial charge in [0.2, 0.25) is 5.91 Å². The van der Waals surface area contributed by atoms with Crippen molar-refractivity contribution in [1.29, 1.82) is 0 Å². The first-order valence-electron chi connectivity index (χ1n) is 6.47. The van der Waals surface area contributed by atoms with Crippen LogP contribution in [-0.2, 0) is 4.79 Å². The molecule has 2 aliphatic carbocycles. The fourth-order valence-electron chi connectivity index (χ4n) is 2.58. The van der Waals surface area contributed by atoms with Gasteiger partial charge in [-0.1, -0.05) is 26.1 Å². The number of rotatable bonds is 3. The highest BCUT2D eigenvalue weighted by molar-refractivity contribution is 7.80. The summed E-state index contributed by atoms with van der Waals surface area (Å²) in [5.74, 6) is 0.0645. The standard InChI is InChI=1S/C13H22N2OS/c1-12(2)5-3-9(4-6-12)15-11(16)13(7-8-13)10(14)17/h9H,3-8H2,1-2H3,(H2,14,17)(H,15,16). The molecule has 0 radical (unpaired) electrons. The van der Waals surface area contributed by atoms with Crippen LogP contribution in [0.15, 0.2) is 0 Å². The maximum absolute atomic E-state index is 12.1. The van der Waals surface area contributed by atoms with E-state index in [1.807, 2.05) is 0 Å². The molecule has 96 valence electrons. The van der Waals surface area contributed by atoms with Crippen molar-refractivity contribution in [2.45, 2.75) is 58.4 Å². The number of hydrogen-bond donors (Lipinski definition) is 2. The third-order valence-corrected chi connectivity index (χ3v) is 4.72. The van der Waals surface area contributed by atoms with E-state index in [-0.39, 0.29) is 5.91 Å². The Morgan fingerprint density at radius 2 is 1.76 bits per heavy atom. The van der Waals surface area contributed by atoms with Crippen LogP contribution in [0.3, 0.4) is 0 Å². The summed E-state index contributed by atoms with van der Waals surface area (Å²) in [4.78, 5) is 12.5. The lowest BCUT2D eigenvalue weighted by Gasteiger charge is -2.35. The zero-order valence-electron chi connectivity index (χ0n) is 10.7. The van der Waals surface area contributed by atoms with Crippen molar-refractivity contribution in [2.75, 3.05) is 0 Å². The molecule has 2 aliphatic rings. The first kappa shape index (κ1) is 12.8. The smallest absolute Gasteiger partial charge is 0.233 e. The molecule has 3 nitrogen and oxygen atoms in total. The van der Waals surface area contributed by atoms with Crippen LogP contribution in [0.4, 0.5) is 0 Å². The van der Waals surface area contributed by atoms with E-state index in [9.17, 15) is 4.79 Å². The summed E-state index contributed by atoms with van der Waals surface area (Å²) in [5, 5.41) is 3.13. The lowest BCUT2D eigenvalue weighted by Crippen LogP contribution is -2.46. The molecule has 0 spiro atoms. The summed E-state index contributed by atoms with van der Waals surface area (Å²) in [6, 6.07) is 0.322. The van der Waals surface area contributed by atoms with Gasteiger partial charge in [-0.3, -0.25) is 4.79 Å². The van der Waals surface area contributed by atoms with E-state index in [4.69, 9.17) is 18.0 Å². The lowest BCUT2D eigenvalue weighted by atomic mass is 9.75. The van der Waals surface area contributed by atoms with E-state index in [1.165, 1.54) is 12.8 Å². The Morgan fingerprint density at radius 1 is 1.24 bits per heavy atom. The van der Waals surface area contributed by atoms with Crippen LogP contribution in [0, 0.1) is 10.8 Å². The maximum Gasteiger partial charge on any atom is 0.233 e. The molecule has 0 aliphatic heterocycles. The summed E-state index contributed by atoms with van der Waals surface area (Å²) in [6.45, 7) is 4.59. The van der Waals surface area contributed by atoms with E-state index >= 15 is 0 Å². The highest BCUT2D eigenvalue weighted by Gasteiger charge is 2.53. The number of carbonyl (C=O) groups excluding carboxylic acids is 1. The Labute approximate surface area is 109 Å². The SMILES string of the molecule is CC1(C)CCC(NC(=O)C2(C(N)=S)CC2)CC1. The summed E-state index contributed by atoms with van der Waals surface area (Å²) < 4.78 is 0. The number of thiocarbonyl (C=S) groups is 1. The average molecular weight is 254 g/mol. The Kier molecular flexibility index (Phi) is 3.19. The first-order valence-corrected chi connectivity index (χ1v) is 6.87. The number of nitrogens with one attached hydrogen (secondary N) is 1. The van der Waals surface area contributed by atoms with Gasteiger partial charge in [0.05, 0.1) is 10.4 Å². The predicted molar refractivity (Wildman–Crippen MR) is 72.6 cm³/mol. The Bertz CT molecular complexity index is 337. The second-order valence-corrected chi connectivity index (χ2v) is 6.80. The van der Waals surface area contributed by atoms with E-state index in [0.717, 1.165) is 25.7 Å². The molecule has 2 rings (SSSR count). The van der Waals surface area contributed by atoms with Crippen molar-refractivity contribution >= 4 is 23.1 Å². The third-order valence-electron chi connectivity index (χ3n) is 4.33. The maximum atomic E-state index is 12.1. The second-order valence-electron chi connectivity index (χ2n) is 6.36. The number of nitrogens with two attached hydrogens (primary N) is 1. The molecule has 0 unspecified atom stereocenters. The Hall–Kier alpha value is -0.640. The topological polar surface area (TPSA) is 55.1 Å². The molecule has 2 saturated carbocycles. The highest BCUT2D eigenvalue weighted by atomic mass is 32.1. The molecule has 0 saturated heterocycles. The number of hydrogen-bond acceptors (Lipinski definition) is 2. The third kappa shape index (κ3) is 2.62. The van der Waals surface area contributed by atoms with Crippen LogP contribution in [0.2, 0.25) is 0 Å². The monoisotopic (exact) mass is 254 g/mol. The van der Waals surface area contributed by atoms with E-state index in [0.29, 0.717) is 16.4 Å².